The van der Waals surface area contributed by atoms with Gasteiger partial charge in [0.05, 0.1) is 0 Å². The average molecular weight is 196 g/mol. The summed E-state index contributed by atoms with van der Waals surface area (Å²) < 4.78 is 0. The standard InChI is InChI=1S/C12H24N2/c1-13-9-5-3-4-7-12-8-6-10-14(2)11-12/h7,13H,3-6,8-11H2,1-2H3. The van der Waals surface area contributed by atoms with Gasteiger partial charge in [-0.25, -0.2) is 0 Å². The Balaban J connectivity index is 2.10. The van der Waals surface area contributed by atoms with Gasteiger partial charge in [-0.1, -0.05) is 11.6 Å². The number of unbranched alkanes of at least 4 members (excludes halogenated alkanes) is 2. The molecule has 1 N–H and O–H groups in total. The van der Waals surface area contributed by atoms with Crippen molar-refractivity contribution in [3.63, 3.8) is 0 Å². The highest BCUT2D eigenvalue weighted by atomic mass is 15.1. The Bertz CT molecular complexity index is 175. The summed E-state index contributed by atoms with van der Waals surface area (Å²) in [6, 6.07) is 0. The minimum absolute atomic E-state index is 1.16. The van der Waals surface area contributed by atoms with Crippen LogP contribution in [0.2, 0.25) is 0 Å². The van der Waals surface area contributed by atoms with Gasteiger partial charge in [0, 0.05) is 6.54 Å². The highest BCUT2D eigenvalue weighted by Gasteiger charge is 2.08. The molecular weight excluding hydrogens is 172 g/mol. The highest BCUT2D eigenvalue weighted by Crippen LogP contribution is 2.15. The Kier molecular flexibility index (Phi) is 5.88. The molecule has 0 aliphatic carbocycles. The summed E-state index contributed by atoms with van der Waals surface area (Å²) >= 11 is 0. The molecule has 1 fully saturated rings. The van der Waals surface area contributed by atoms with Gasteiger partial charge in [0.25, 0.3) is 0 Å². The number of rotatable bonds is 5. The number of nitrogens with one attached hydrogen (secondary N) is 1. The fourth-order valence-corrected chi connectivity index (χ4v) is 2.00. The second kappa shape index (κ2) is 7.02. The molecule has 0 aromatic rings. The molecule has 0 radical (unpaired) electrons. The molecule has 0 aromatic heterocycles. The van der Waals surface area contributed by atoms with Crippen molar-refractivity contribution >= 4 is 0 Å². The van der Waals surface area contributed by atoms with Gasteiger partial charge in [-0.3, -0.25) is 0 Å². The molecule has 0 unspecified atom stereocenters. The Morgan fingerprint density at radius 3 is 3.00 bits per heavy atom. The van der Waals surface area contributed by atoms with Crippen LogP contribution in [-0.2, 0) is 0 Å². The van der Waals surface area contributed by atoms with Crippen LogP contribution in [0.4, 0.5) is 0 Å². The summed E-state index contributed by atoms with van der Waals surface area (Å²) in [6.45, 7) is 3.63. The monoisotopic (exact) mass is 196 g/mol. The summed E-state index contributed by atoms with van der Waals surface area (Å²) in [6.07, 6.45) is 9.04. The number of allylic oxidation sites excluding steroid dienone is 1. The number of hydrogen-bond donors (Lipinski definition) is 1. The third-order valence-corrected chi connectivity index (χ3v) is 2.82. The lowest BCUT2D eigenvalue weighted by molar-refractivity contribution is 0.322. The zero-order chi connectivity index (χ0) is 10.2. The largest absolute Gasteiger partial charge is 0.320 e. The molecule has 0 saturated carbocycles. The topological polar surface area (TPSA) is 15.3 Å². The molecule has 0 amide bonds. The minimum Gasteiger partial charge on any atom is -0.320 e. The molecule has 1 saturated heterocycles. The summed E-state index contributed by atoms with van der Waals surface area (Å²) in [7, 11) is 4.24. The Hall–Kier alpha value is -0.340. The van der Waals surface area contributed by atoms with Crippen LogP contribution >= 0.6 is 0 Å². The summed E-state index contributed by atoms with van der Waals surface area (Å²) in [5.41, 5.74) is 1.66. The van der Waals surface area contributed by atoms with E-state index in [0.717, 1.165) is 6.54 Å². The van der Waals surface area contributed by atoms with E-state index in [9.17, 15) is 0 Å². The van der Waals surface area contributed by atoms with Gasteiger partial charge in [0.1, 0.15) is 0 Å². The molecule has 14 heavy (non-hydrogen) atoms. The van der Waals surface area contributed by atoms with Crippen LogP contribution in [0.3, 0.4) is 0 Å². The van der Waals surface area contributed by atoms with E-state index in [-0.39, 0.29) is 0 Å². The van der Waals surface area contributed by atoms with Gasteiger partial charge in [-0.15, -0.1) is 0 Å². The van der Waals surface area contributed by atoms with E-state index in [1.54, 1.807) is 5.57 Å². The van der Waals surface area contributed by atoms with Crippen molar-refractivity contribution in [1.29, 1.82) is 0 Å². The average Bonchev–Trinajstić information content (AvgIpc) is 2.18. The Morgan fingerprint density at radius 1 is 1.43 bits per heavy atom. The molecule has 0 aromatic carbocycles. The van der Waals surface area contributed by atoms with E-state index in [1.807, 2.05) is 7.05 Å². The van der Waals surface area contributed by atoms with E-state index in [1.165, 1.54) is 45.2 Å². The van der Waals surface area contributed by atoms with Crippen LogP contribution in [0.25, 0.3) is 0 Å². The number of likely N-dealkylation sites (N-methyl/N-ethyl adjacent to an activating group) is 1. The van der Waals surface area contributed by atoms with Crippen LogP contribution in [-0.4, -0.2) is 38.6 Å². The van der Waals surface area contributed by atoms with E-state index < -0.39 is 0 Å². The SMILES string of the molecule is CNCCCCC=C1CCCN(C)C1. The lowest BCUT2D eigenvalue weighted by atomic mass is 10.0. The van der Waals surface area contributed by atoms with E-state index in [2.05, 4.69) is 23.3 Å². The van der Waals surface area contributed by atoms with Crippen molar-refractivity contribution in [3.8, 4) is 0 Å². The van der Waals surface area contributed by atoms with Gasteiger partial charge in [0.2, 0.25) is 0 Å². The first-order valence-electron chi connectivity index (χ1n) is 5.84. The summed E-state index contributed by atoms with van der Waals surface area (Å²) in [5.74, 6) is 0. The van der Waals surface area contributed by atoms with E-state index in [4.69, 9.17) is 0 Å². The first-order valence-corrected chi connectivity index (χ1v) is 5.84. The molecular formula is C12H24N2. The Labute approximate surface area is 88.4 Å². The second-order valence-corrected chi connectivity index (χ2v) is 4.30. The van der Waals surface area contributed by atoms with Crippen LogP contribution in [0.5, 0.6) is 0 Å². The van der Waals surface area contributed by atoms with Gasteiger partial charge < -0.3 is 10.2 Å². The van der Waals surface area contributed by atoms with Crippen LogP contribution < -0.4 is 5.32 Å². The fraction of sp³-hybridized carbons (Fsp3) is 0.833. The maximum atomic E-state index is 3.18. The van der Waals surface area contributed by atoms with Crippen LogP contribution in [0.15, 0.2) is 11.6 Å². The van der Waals surface area contributed by atoms with E-state index >= 15 is 0 Å². The van der Waals surface area contributed by atoms with Gasteiger partial charge in [0.15, 0.2) is 0 Å². The predicted molar refractivity (Wildman–Crippen MR) is 62.6 cm³/mol. The normalized spacial score (nSPS) is 21.7. The van der Waals surface area contributed by atoms with E-state index in [0.29, 0.717) is 0 Å². The molecule has 0 spiro atoms. The predicted octanol–water partition coefficient (Wildman–Crippen LogP) is 2.03. The van der Waals surface area contributed by atoms with Crippen molar-refractivity contribution in [2.24, 2.45) is 0 Å². The molecule has 0 bridgehead atoms. The first kappa shape index (κ1) is 11.7. The molecule has 1 rings (SSSR count). The third kappa shape index (κ3) is 4.77. The maximum absolute atomic E-state index is 3.18. The lowest BCUT2D eigenvalue weighted by Gasteiger charge is -2.24. The smallest absolute Gasteiger partial charge is 0.0189 e. The molecule has 1 aliphatic rings. The van der Waals surface area contributed by atoms with Gasteiger partial charge >= 0.3 is 0 Å². The number of piperidine rings is 1. The summed E-state index contributed by atoms with van der Waals surface area (Å²) in [4.78, 5) is 2.42. The highest BCUT2D eigenvalue weighted by molar-refractivity contribution is 5.06. The third-order valence-electron chi connectivity index (χ3n) is 2.82. The minimum atomic E-state index is 1.16. The van der Waals surface area contributed by atoms with Crippen LogP contribution in [0, 0.1) is 0 Å². The van der Waals surface area contributed by atoms with Crippen LogP contribution in [0.1, 0.15) is 32.1 Å². The van der Waals surface area contributed by atoms with Crippen molar-refractivity contribution in [3.05, 3.63) is 11.6 Å². The Morgan fingerprint density at radius 2 is 2.29 bits per heavy atom. The zero-order valence-corrected chi connectivity index (χ0v) is 9.68. The van der Waals surface area contributed by atoms with Gasteiger partial charge in [-0.05, 0) is 59.3 Å². The molecule has 1 heterocycles. The lowest BCUT2D eigenvalue weighted by Crippen LogP contribution is -2.26. The molecule has 2 nitrogen and oxygen atoms in total. The van der Waals surface area contributed by atoms with Crippen molar-refractivity contribution in [1.82, 2.24) is 10.2 Å². The van der Waals surface area contributed by atoms with Crippen molar-refractivity contribution in [2.75, 3.05) is 33.7 Å². The number of hydrogen-bond acceptors (Lipinski definition) is 2. The second-order valence-electron chi connectivity index (χ2n) is 4.30. The van der Waals surface area contributed by atoms with Gasteiger partial charge in [-0.2, -0.15) is 0 Å². The molecule has 1 aliphatic heterocycles. The quantitative estimate of drug-likeness (QED) is 0.534. The van der Waals surface area contributed by atoms with Crippen molar-refractivity contribution < 1.29 is 0 Å². The molecule has 2 heteroatoms. The molecule has 0 atom stereocenters. The van der Waals surface area contributed by atoms with Crippen molar-refractivity contribution in [2.45, 2.75) is 32.1 Å². The summed E-state index contributed by atoms with van der Waals surface area (Å²) in [5, 5.41) is 3.18. The first-order chi connectivity index (χ1) is 6.83. The number of likely N-dealkylation sites (tertiary alicyclic amines) is 1. The number of nitrogens with zero attached hydrogens (tertiary/aromatic N) is 1. The fourth-order valence-electron chi connectivity index (χ4n) is 2.00. The maximum Gasteiger partial charge on any atom is 0.0189 e. The molecule has 82 valence electrons. The zero-order valence-electron chi connectivity index (χ0n) is 9.68.